The third-order valence-electron chi connectivity index (χ3n) is 2.48. The maximum Gasteiger partial charge on any atom is 0.0700 e. The molecular weight excluding hydrogens is 282 g/mol. The highest BCUT2D eigenvalue weighted by Crippen LogP contribution is 2.17. The normalized spacial score (nSPS) is 12.6. The van der Waals surface area contributed by atoms with E-state index in [1.807, 2.05) is 12.1 Å². The van der Waals surface area contributed by atoms with Gasteiger partial charge in [0.2, 0.25) is 0 Å². The van der Waals surface area contributed by atoms with Gasteiger partial charge >= 0.3 is 0 Å². The number of rotatable bonds is 8. The fraction of sp³-hybridized carbons (Fsp3) is 0.538. The Hall–Kier alpha value is -0.420. The lowest BCUT2D eigenvalue weighted by Crippen LogP contribution is -2.23. The van der Waals surface area contributed by atoms with Gasteiger partial charge in [0, 0.05) is 24.2 Å². The molecule has 3 nitrogen and oxygen atoms in total. The number of benzene rings is 1. The van der Waals surface area contributed by atoms with Crippen LogP contribution in [0.15, 0.2) is 28.7 Å². The van der Waals surface area contributed by atoms with Crippen molar-refractivity contribution < 1.29 is 9.47 Å². The highest BCUT2D eigenvalue weighted by molar-refractivity contribution is 9.10. The first kappa shape index (κ1) is 14.6. The second kappa shape index (κ2) is 8.64. The molecule has 0 spiro atoms. The Morgan fingerprint density at radius 2 is 2.12 bits per heavy atom. The molecule has 1 aromatic carbocycles. The fourth-order valence-electron chi connectivity index (χ4n) is 1.49. The Morgan fingerprint density at radius 1 is 1.29 bits per heavy atom. The molecular formula is C13H20BrNO2. The van der Waals surface area contributed by atoms with Gasteiger partial charge in [-0.2, -0.15) is 0 Å². The van der Waals surface area contributed by atoms with E-state index in [0.717, 1.165) is 11.0 Å². The molecule has 4 heteroatoms. The van der Waals surface area contributed by atoms with Crippen molar-refractivity contribution in [2.24, 2.45) is 0 Å². The number of hydrogen-bond donors (Lipinski definition) is 1. The van der Waals surface area contributed by atoms with Gasteiger partial charge in [-0.3, -0.25) is 0 Å². The maximum absolute atomic E-state index is 5.39. The van der Waals surface area contributed by atoms with Crippen molar-refractivity contribution in [3.8, 4) is 0 Å². The molecule has 0 amide bonds. The van der Waals surface area contributed by atoms with E-state index in [0.29, 0.717) is 25.9 Å². The highest BCUT2D eigenvalue weighted by Gasteiger charge is 2.04. The van der Waals surface area contributed by atoms with E-state index in [1.54, 1.807) is 7.11 Å². The van der Waals surface area contributed by atoms with Crippen LogP contribution in [0.1, 0.15) is 18.5 Å². The van der Waals surface area contributed by atoms with Crippen LogP contribution in [0.3, 0.4) is 0 Å². The van der Waals surface area contributed by atoms with Crippen molar-refractivity contribution in [1.29, 1.82) is 0 Å². The van der Waals surface area contributed by atoms with Gasteiger partial charge in [-0.25, -0.2) is 0 Å². The summed E-state index contributed by atoms with van der Waals surface area (Å²) in [6.45, 7) is 5.01. The molecule has 0 unspecified atom stereocenters. The van der Waals surface area contributed by atoms with E-state index in [2.05, 4.69) is 40.3 Å². The van der Waals surface area contributed by atoms with Crippen LogP contribution in [0.5, 0.6) is 0 Å². The summed E-state index contributed by atoms with van der Waals surface area (Å²) >= 11 is 3.47. The van der Waals surface area contributed by atoms with Crippen LogP contribution in [0, 0.1) is 0 Å². The van der Waals surface area contributed by atoms with Crippen LogP contribution in [-0.2, 0) is 9.47 Å². The van der Waals surface area contributed by atoms with Gasteiger partial charge in [0.1, 0.15) is 0 Å². The Kier molecular flexibility index (Phi) is 7.44. The van der Waals surface area contributed by atoms with Crippen molar-refractivity contribution in [3.05, 3.63) is 34.3 Å². The minimum atomic E-state index is 0.332. The first-order chi connectivity index (χ1) is 8.24. The minimum absolute atomic E-state index is 0.332. The van der Waals surface area contributed by atoms with E-state index < -0.39 is 0 Å². The van der Waals surface area contributed by atoms with Crippen LogP contribution in [0.25, 0.3) is 0 Å². The van der Waals surface area contributed by atoms with E-state index in [-0.39, 0.29) is 0 Å². The molecule has 0 aromatic heterocycles. The lowest BCUT2D eigenvalue weighted by atomic mass is 10.1. The van der Waals surface area contributed by atoms with E-state index in [1.165, 1.54) is 5.56 Å². The second-order valence-electron chi connectivity index (χ2n) is 3.84. The summed E-state index contributed by atoms with van der Waals surface area (Å²) in [6, 6.07) is 8.66. The molecule has 0 heterocycles. The third kappa shape index (κ3) is 6.17. The molecule has 1 aromatic rings. The van der Waals surface area contributed by atoms with E-state index in [4.69, 9.17) is 9.47 Å². The van der Waals surface area contributed by atoms with Gasteiger partial charge in [-0.1, -0.05) is 28.1 Å². The summed E-state index contributed by atoms with van der Waals surface area (Å²) in [5, 5.41) is 3.42. The average molecular weight is 302 g/mol. The molecule has 0 aliphatic rings. The predicted molar refractivity (Wildman–Crippen MR) is 73.3 cm³/mol. The van der Waals surface area contributed by atoms with Crippen molar-refractivity contribution in [1.82, 2.24) is 5.32 Å². The molecule has 0 aliphatic heterocycles. The summed E-state index contributed by atoms with van der Waals surface area (Å²) in [5.74, 6) is 0. The summed E-state index contributed by atoms with van der Waals surface area (Å²) in [6.07, 6.45) is 0. The molecule has 1 rings (SSSR count). The maximum atomic E-state index is 5.39. The molecule has 0 fully saturated rings. The zero-order valence-electron chi connectivity index (χ0n) is 10.4. The summed E-state index contributed by atoms with van der Waals surface area (Å²) in [7, 11) is 1.68. The molecule has 1 N–H and O–H groups in total. The van der Waals surface area contributed by atoms with Crippen molar-refractivity contribution in [2.45, 2.75) is 13.0 Å². The zero-order chi connectivity index (χ0) is 12.5. The van der Waals surface area contributed by atoms with Crippen LogP contribution in [0.4, 0.5) is 0 Å². The molecule has 0 bridgehead atoms. The van der Waals surface area contributed by atoms with Gasteiger partial charge in [0.15, 0.2) is 0 Å². The molecule has 0 aliphatic carbocycles. The molecule has 96 valence electrons. The molecule has 0 radical (unpaired) electrons. The molecule has 1 atom stereocenters. The molecule has 17 heavy (non-hydrogen) atoms. The Morgan fingerprint density at radius 3 is 2.82 bits per heavy atom. The molecule has 0 saturated carbocycles. The van der Waals surface area contributed by atoms with Gasteiger partial charge in [0.05, 0.1) is 19.8 Å². The number of halogens is 1. The van der Waals surface area contributed by atoms with Gasteiger partial charge in [0.25, 0.3) is 0 Å². The fourth-order valence-corrected chi connectivity index (χ4v) is 1.90. The highest BCUT2D eigenvalue weighted by atomic mass is 79.9. The van der Waals surface area contributed by atoms with Crippen molar-refractivity contribution >= 4 is 15.9 Å². The standard InChI is InChI=1S/C13H20BrNO2/c1-11(12-4-3-5-13(14)10-12)15-6-7-17-9-8-16-2/h3-5,10-11,15H,6-9H2,1-2H3/t11-/m0/s1. The quantitative estimate of drug-likeness (QED) is 0.749. The average Bonchev–Trinajstić information content (AvgIpc) is 2.33. The summed E-state index contributed by atoms with van der Waals surface area (Å²) < 4.78 is 11.4. The number of ether oxygens (including phenoxy) is 2. The summed E-state index contributed by atoms with van der Waals surface area (Å²) in [4.78, 5) is 0. The Balaban J connectivity index is 2.19. The van der Waals surface area contributed by atoms with Crippen molar-refractivity contribution in [2.75, 3.05) is 33.5 Å². The van der Waals surface area contributed by atoms with Crippen LogP contribution in [-0.4, -0.2) is 33.5 Å². The molecule has 0 saturated heterocycles. The zero-order valence-corrected chi connectivity index (χ0v) is 12.0. The number of methoxy groups -OCH3 is 1. The van der Waals surface area contributed by atoms with Crippen molar-refractivity contribution in [3.63, 3.8) is 0 Å². The second-order valence-corrected chi connectivity index (χ2v) is 4.75. The van der Waals surface area contributed by atoms with Gasteiger partial charge in [-0.05, 0) is 24.6 Å². The number of nitrogens with one attached hydrogen (secondary N) is 1. The van der Waals surface area contributed by atoms with Crippen LogP contribution < -0.4 is 5.32 Å². The van der Waals surface area contributed by atoms with E-state index in [9.17, 15) is 0 Å². The van der Waals surface area contributed by atoms with E-state index >= 15 is 0 Å². The monoisotopic (exact) mass is 301 g/mol. The van der Waals surface area contributed by atoms with Gasteiger partial charge < -0.3 is 14.8 Å². The Bertz CT molecular complexity index is 320. The SMILES string of the molecule is COCCOCCN[C@@H](C)c1cccc(Br)c1. The first-order valence-corrected chi connectivity index (χ1v) is 6.59. The van der Waals surface area contributed by atoms with Crippen LogP contribution in [0.2, 0.25) is 0 Å². The minimum Gasteiger partial charge on any atom is -0.382 e. The lowest BCUT2D eigenvalue weighted by Gasteiger charge is -2.14. The summed E-state index contributed by atoms with van der Waals surface area (Å²) in [5.41, 5.74) is 1.27. The van der Waals surface area contributed by atoms with Gasteiger partial charge in [-0.15, -0.1) is 0 Å². The third-order valence-corrected chi connectivity index (χ3v) is 2.97. The smallest absolute Gasteiger partial charge is 0.0700 e. The van der Waals surface area contributed by atoms with Crippen LogP contribution >= 0.6 is 15.9 Å². The first-order valence-electron chi connectivity index (χ1n) is 5.79. The predicted octanol–water partition coefficient (Wildman–Crippen LogP) is 2.76. The largest absolute Gasteiger partial charge is 0.382 e. The number of hydrogen-bond acceptors (Lipinski definition) is 3. The lowest BCUT2D eigenvalue weighted by molar-refractivity contribution is 0.0712. The topological polar surface area (TPSA) is 30.5 Å². The Labute approximate surface area is 112 Å².